The highest BCUT2D eigenvalue weighted by molar-refractivity contribution is 5.92. The lowest BCUT2D eigenvalue weighted by Gasteiger charge is -2.21. The Balaban J connectivity index is 1.83. The summed E-state index contributed by atoms with van der Waals surface area (Å²) in [6.45, 7) is -0.0515. The second-order valence-electron chi connectivity index (χ2n) is 5.29. The number of rotatable bonds is 5. The van der Waals surface area contributed by atoms with Gasteiger partial charge in [-0.1, -0.05) is 6.07 Å². The van der Waals surface area contributed by atoms with Crippen molar-refractivity contribution in [2.45, 2.75) is 25.4 Å². The van der Waals surface area contributed by atoms with Crippen molar-refractivity contribution in [3.63, 3.8) is 0 Å². The number of carbonyl (C=O) groups excluding carboxylic acids is 1. The molecule has 0 saturated heterocycles. The number of carbonyl (C=O) groups is 1. The van der Waals surface area contributed by atoms with Gasteiger partial charge in [0.15, 0.2) is 5.76 Å². The number of benzene rings is 1. The highest BCUT2D eigenvalue weighted by Crippen LogP contribution is 2.31. The third kappa shape index (κ3) is 3.20. The maximum atomic E-state index is 13.8. The number of halogens is 2. The quantitative estimate of drug-likeness (QED) is 0.625. The van der Waals surface area contributed by atoms with Gasteiger partial charge < -0.3 is 9.32 Å². The van der Waals surface area contributed by atoms with E-state index in [0.29, 0.717) is 0 Å². The molecule has 6 nitrogen and oxygen atoms in total. The van der Waals surface area contributed by atoms with E-state index in [1.807, 2.05) is 0 Å². The minimum Gasteiger partial charge on any atom is -0.395 e. The number of amides is 1. The van der Waals surface area contributed by atoms with E-state index in [9.17, 15) is 23.7 Å². The van der Waals surface area contributed by atoms with Crippen LogP contribution in [0.4, 0.5) is 14.7 Å². The molecule has 23 heavy (non-hydrogen) atoms. The molecular weight excluding hydrogens is 310 g/mol. The lowest BCUT2D eigenvalue weighted by atomic mass is 10.2. The van der Waals surface area contributed by atoms with Crippen LogP contribution in [0.3, 0.4) is 0 Å². The van der Waals surface area contributed by atoms with Gasteiger partial charge in [-0.25, -0.2) is 8.78 Å². The first-order valence-corrected chi connectivity index (χ1v) is 6.95. The van der Waals surface area contributed by atoms with Gasteiger partial charge in [0.1, 0.15) is 16.6 Å². The summed E-state index contributed by atoms with van der Waals surface area (Å²) in [6.07, 6.45) is 1.52. The summed E-state index contributed by atoms with van der Waals surface area (Å²) in [6, 6.07) is 5.39. The van der Waals surface area contributed by atoms with E-state index in [4.69, 9.17) is 4.42 Å². The van der Waals surface area contributed by atoms with Gasteiger partial charge in [-0.15, -0.1) is 0 Å². The summed E-state index contributed by atoms with van der Waals surface area (Å²) in [4.78, 5) is 23.7. The molecule has 1 heterocycles. The molecule has 1 amide bonds. The van der Waals surface area contributed by atoms with Crippen LogP contribution < -0.4 is 0 Å². The van der Waals surface area contributed by atoms with E-state index in [1.165, 1.54) is 17.0 Å². The summed E-state index contributed by atoms with van der Waals surface area (Å²) in [5.74, 6) is -2.70. The molecule has 0 unspecified atom stereocenters. The zero-order chi connectivity index (χ0) is 16.6. The van der Waals surface area contributed by atoms with Gasteiger partial charge in [-0.05, 0) is 25.0 Å². The lowest BCUT2D eigenvalue weighted by molar-refractivity contribution is -0.402. The SMILES string of the molecule is O=C(c1ccc([N+](=O)[O-])o1)N(Cc1ccc(F)cc1F)C1CC1. The van der Waals surface area contributed by atoms with E-state index in [2.05, 4.69) is 0 Å². The van der Waals surface area contributed by atoms with E-state index in [-0.39, 0.29) is 23.9 Å². The largest absolute Gasteiger partial charge is 0.433 e. The fourth-order valence-corrected chi connectivity index (χ4v) is 2.27. The minimum atomic E-state index is -0.742. The summed E-state index contributed by atoms with van der Waals surface area (Å²) in [5.41, 5.74) is 0.174. The van der Waals surface area contributed by atoms with Crippen molar-refractivity contribution in [1.29, 1.82) is 0 Å². The molecule has 0 atom stereocenters. The van der Waals surface area contributed by atoms with Crippen LogP contribution in [-0.4, -0.2) is 21.8 Å². The predicted octanol–water partition coefficient (Wildman–Crippen LogP) is 3.27. The third-order valence-electron chi connectivity index (χ3n) is 3.59. The molecule has 0 bridgehead atoms. The average Bonchev–Trinajstić information content (AvgIpc) is 3.21. The summed E-state index contributed by atoms with van der Waals surface area (Å²) >= 11 is 0. The summed E-state index contributed by atoms with van der Waals surface area (Å²) in [5, 5.41) is 10.6. The van der Waals surface area contributed by atoms with Gasteiger partial charge in [-0.3, -0.25) is 14.9 Å². The van der Waals surface area contributed by atoms with Gasteiger partial charge in [0.2, 0.25) is 0 Å². The van der Waals surface area contributed by atoms with Crippen molar-refractivity contribution in [1.82, 2.24) is 4.90 Å². The monoisotopic (exact) mass is 322 g/mol. The van der Waals surface area contributed by atoms with Crippen LogP contribution in [0.1, 0.15) is 29.0 Å². The first-order chi connectivity index (χ1) is 11.0. The van der Waals surface area contributed by atoms with Crippen molar-refractivity contribution in [2.24, 2.45) is 0 Å². The molecule has 1 aromatic carbocycles. The third-order valence-corrected chi connectivity index (χ3v) is 3.59. The second kappa shape index (κ2) is 5.79. The number of nitrogens with zero attached hydrogens (tertiary/aromatic N) is 2. The van der Waals surface area contributed by atoms with Gasteiger partial charge >= 0.3 is 5.88 Å². The summed E-state index contributed by atoms with van der Waals surface area (Å²) in [7, 11) is 0. The maximum absolute atomic E-state index is 13.8. The van der Waals surface area contributed by atoms with Crippen molar-refractivity contribution in [2.75, 3.05) is 0 Å². The van der Waals surface area contributed by atoms with Crippen LogP contribution >= 0.6 is 0 Å². The van der Waals surface area contributed by atoms with Crippen molar-refractivity contribution in [3.8, 4) is 0 Å². The van der Waals surface area contributed by atoms with E-state index in [1.54, 1.807) is 0 Å². The Morgan fingerprint density at radius 3 is 2.61 bits per heavy atom. The Labute approximate surface area is 129 Å². The smallest absolute Gasteiger partial charge is 0.395 e. The topological polar surface area (TPSA) is 76.6 Å². The van der Waals surface area contributed by atoms with Gasteiger partial charge in [0.05, 0.1) is 6.07 Å². The highest BCUT2D eigenvalue weighted by Gasteiger charge is 2.35. The van der Waals surface area contributed by atoms with Crippen LogP contribution in [0.5, 0.6) is 0 Å². The molecule has 0 N–H and O–H groups in total. The first-order valence-electron chi connectivity index (χ1n) is 6.95. The van der Waals surface area contributed by atoms with Gasteiger partial charge in [-0.2, -0.15) is 0 Å². The normalized spacial score (nSPS) is 13.8. The molecule has 120 valence electrons. The predicted molar refractivity (Wildman–Crippen MR) is 74.6 cm³/mol. The minimum absolute atomic E-state index is 0.0515. The number of hydrogen-bond acceptors (Lipinski definition) is 4. The Morgan fingerprint density at radius 2 is 2.04 bits per heavy atom. The molecule has 1 saturated carbocycles. The lowest BCUT2D eigenvalue weighted by Crippen LogP contribution is -2.32. The number of furan rings is 1. The molecule has 1 fully saturated rings. The van der Waals surface area contributed by atoms with Gasteiger partial charge in [0.25, 0.3) is 5.91 Å². The first kappa shape index (κ1) is 15.1. The Bertz CT molecular complexity index is 771. The molecule has 2 aromatic rings. The molecule has 0 spiro atoms. The Kier molecular flexibility index (Phi) is 3.81. The molecular formula is C15H12F2N2O4. The van der Waals surface area contributed by atoms with E-state index >= 15 is 0 Å². The van der Waals surface area contributed by atoms with Crippen LogP contribution in [0.25, 0.3) is 0 Å². The van der Waals surface area contributed by atoms with Crippen molar-refractivity contribution in [3.05, 3.63) is 63.4 Å². The van der Waals surface area contributed by atoms with Crippen LogP contribution in [0.15, 0.2) is 34.7 Å². The van der Waals surface area contributed by atoms with Crippen molar-refractivity contribution < 1.29 is 22.9 Å². The second-order valence-corrected chi connectivity index (χ2v) is 5.29. The molecule has 1 aliphatic rings. The van der Waals surface area contributed by atoms with Crippen LogP contribution in [0.2, 0.25) is 0 Å². The fourth-order valence-electron chi connectivity index (χ4n) is 2.27. The standard InChI is InChI=1S/C15H12F2N2O4/c16-10-2-1-9(12(17)7-10)8-18(11-3-4-11)15(20)13-5-6-14(23-13)19(21)22/h1-2,5-7,11H,3-4,8H2. The van der Waals surface area contributed by atoms with E-state index < -0.39 is 28.3 Å². The number of nitro groups is 1. The molecule has 1 aliphatic carbocycles. The van der Waals surface area contributed by atoms with Crippen molar-refractivity contribution >= 4 is 11.8 Å². The zero-order valence-corrected chi connectivity index (χ0v) is 11.9. The Morgan fingerprint density at radius 1 is 1.30 bits per heavy atom. The average molecular weight is 322 g/mol. The molecule has 0 radical (unpaired) electrons. The molecule has 1 aromatic heterocycles. The van der Waals surface area contributed by atoms with E-state index in [0.717, 1.165) is 31.0 Å². The highest BCUT2D eigenvalue weighted by atomic mass is 19.1. The number of hydrogen-bond donors (Lipinski definition) is 0. The molecule has 0 aliphatic heterocycles. The summed E-state index contributed by atoms with van der Waals surface area (Å²) < 4.78 is 31.6. The fraction of sp³-hybridized carbons (Fsp3) is 0.267. The van der Waals surface area contributed by atoms with Gasteiger partial charge in [0, 0.05) is 24.2 Å². The molecule has 8 heteroatoms. The maximum Gasteiger partial charge on any atom is 0.433 e. The Hall–Kier alpha value is -2.77. The zero-order valence-electron chi connectivity index (χ0n) is 11.9. The molecule has 3 rings (SSSR count). The van der Waals surface area contributed by atoms with Crippen LogP contribution in [-0.2, 0) is 6.54 Å². The van der Waals surface area contributed by atoms with Crippen LogP contribution in [0, 0.1) is 21.7 Å².